The molecule has 0 aromatic rings. The predicted octanol–water partition coefficient (Wildman–Crippen LogP) is 23.9. The van der Waals surface area contributed by atoms with E-state index in [9.17, 15) is 33.9 Å². The van der Waals surface area contributed by atoms with Crippen molar-refractivity contribution in [1.29, 1.82) is 0 Å². The fourth-order valence-electron chi connectivity index (χ4n) is 19.5. The second-order valence-corrected chi connectivity index (χ2v) is 39.4. The van der Waals surface area contributed by atoms with E-state index in [0.717, 1.165) is 153 Å². The van der Waals surface area contributed by atoms with Gasteiger partial charge in [0.1, 0.15) is 29.0 Å². The number of hydrogen-bond acceptors (Lipinski definition) is 19. The van der Waals surface area contributed by atoms with Crippen LogP contribution in [0.15, 0.2) is 0 Å². The largest absolute Gasteiger partial charge is 0.459 e. The lowest BCUT2D eigenvalue weighted by molar-refractivity contribution is -0.231. The Kier molecular flexibility index (Phi) is 49.6. The van der Waals surface area contributed by atoms with E-state index in [2.05, 4.69) is 40.2 Å². The summed E-state index contributed by atoms with van der Waals surface area (Å²) >= 11 is 3.72. The SMILES string of the molecule is C.C.C.C.C.C.C.C.CCC(C)(C)C(=O)OC1(C(C)C)C2CC3CC(C2)CC1C3.CCC(C)(C)C(=O)OC12CC3CC(CC(O)(C3)C1)C2.CCC(C)(C)C(=O)OCC(=O)OC1C2CC3CC(C2)C(=O)OC1C3.CCC1(OC(=O)C(C)(C)CC)CCCC1.CSCCCOC(C)OCC1CCC(COC(C)OCCCSC)CC1. The van der Waals surface area contributed by atoms with Crippen LogP contribution in [0.2, 0.25) is 0 Å². The zero-order chi connectivity index (χ0) is 77.3. The quantitative estimate of drug-likeness (QED) is 0.0287. The van der Waals surface area contributed by atoms with Crippen LogP contribution in [0.1, 0.15) is 370 Å². The average molecular weight is 1650 g/mol. The Hall–Kier alpha value is -2.68. The summed E-state index contributed by atoms with van der Waals surface area (Å²) in [5.74, 6) is 7.68. The first-order valence-electron chi connectivity index (χ1n) is 41.9. The molecule has 14 fully saturated rings. The molecule has 0 amide bonds. The van der Waals surface area contributed by atoms with Gasteiger partial charge in [-0.15, -0.1) is 0 Å². The molecule has 0 aromatic carbocycles. The van der Waals surface area contributed by atoms with Crippen molar-refractivity contribution in [2.24, 2.45) is 92.7 Å². The van der Waals surface area contributed by atoms with Crippen LogP contribution in [-0.4, -0.2) is 145 Å². The van der Waals surface area contributed by atoms with Gasteiger partial charge >= 0.3 is 35.8 Å². The average Bonchev–Trinajstić information content (AvgIpc) is 1.37. The van der Waals surface area contributed by atoms with Crippen LogP contribution in [-0.2, 0) is 76.1 Å². The van der Waals surface area contributed by atoms with Gasteiger partial charge in [0.2, 0.25) is 0 Å². The summed E-state index contributed by atoms with van der Waals surface area (Å²) in [5.41, 5.74) is -2.92. The first-order valence-corrected chi connectivity index (χ1v) is 44.7. The maximum absolute atomic E-state index is 12.8. The molecular weight excluding hydrogens is 1470 g/mol. The van der Waals surface area contributed by atoms with E-state index in [-0.39, 0.29) is 148 Å². The number of carbonyl (C=O) groups is 6. The Bertz CT molecular complexity index is 2660. The molecule has 12 aliphatic carbocycles. The molecule has 14 rings (SSSR count). The molecule has 17 nitrogen and oxygen atoms in total. The highest BCUT2D eigenvalue weighted by Gasteiger charge is 2.63. The second-order valence-electron chi connectivity index (χ2n) is 37.4. The summed E-state index contributed by atoms with van der Waals surface area (Å²) in [6, 6.07) is 0. The Morgan fingerprint density at radius 3 is 1.35 bits per heavy atom. The van der Waals surface area contributed by atoms with Crippen LogP contribution in [0.4, 0.5) is 0 Å². The van der Waals surface area contributed by atoms with Gasteiger partial charge in [0.25, 0.3) is 0 Å². The van der Waals surface area contributed by atoms with E-state index in [4.69, 9.17) is 47.4 Å². The zero-order valence-electron chi connectivity index (χ0n) is 69.2. The molecule has 12 saturated carbocycles. The van der Waals surface area contributed by atoms with Gasteiger partial charge in [-0.25, -0.2) is 4.79 Å². The summed E-state index contributed by atoms with van der Waals surface area (Å²) in [7, 11) is 0. The molecule has 2 saturated heterocycles. The smallest absolute Gasteiger partial charge is 0.344 e. The van der Waals surface area contributed by atoms with Gasteiger partial charge in [0.15, 0.2) is 19.2 Å². The molecule has 0 aromatic heterocycles. The Labute approximate surface area is 703 Å². The molecule has 2 heterocycles. The molecule has 9 unspecified atom stereocenters. The highest BCUT2D eigenvalue weighted by molar-refractivity contribution is 7.98. The number of esters is 6. The first-order chi connectivity index (χ1) is 49.5. The molecule has 19 heteroatoms. The molecule has 0 radical (unpaired) electrons. The van der Waals surface area contributed by atoms with Crippen molar-refractivity contribution < 1.29 is 81.2 Å². The highest BCUT2D eigenvalue weighted by Crippen LogP contribution is 2.63. The van der Waals surface area contributed by atoms with E-state index in [1.54, 1.807) is 13.8 Å². The van der Waals surface area contributed by atoms with Crippen LogP contribution < -0.4 is 0 Å². The molecule has 113 heavy (non-hydrogen) atoms. The molecule has 2 aliphatic heterocycles. The minimum absolute atomic E-state index is 0. The monoisotopic (exact) mass is 1650 g/mol. The first kappa shape index (κ1) is 112. The second kappa shape index (κ2) is 49.9. The van der Waals surface area contributed by atoms with Crippen LogP contribution in [0.3, 0.4) is 0 Å². The third-order valence-electron chi connectivity index (χ3n) is 27.3. The van der Waals surface area contributed by atoms with E-state index >= 15 is 0 Å². The lowest BCUT2D eigenvalue weighted by atomic mass is 9.47. The number of thioether (sulfide) groups is 2. The number of rotatable bonds is 32. The van der Waals surface area contributed by atoms with Crippen molar-refractivity contribution in [2.75, 3.05) is 57.1 Å². The van der Waals surface area contributed by atoms with Crippen molar-refractivity contribution in [1.82, 2.24) is 0 Å². The minimum Gasteiger partial charge on any atom is -0.459 e. The van der Waals surface area contributed by atoms with Crippen molar-refractivity contribution >= 4 is 59.3 Å². The zero-order valence-corrected chi connectivity index (χ0v) is 70.8. The summed E-state index contributed by atoms with van der Waals surface area (Å²) in [5, 5.41) is 10.6. The van der Waals surface area contributed by atoms with Crippen molar-refractivity contribution in [3.63, 3.8) is 0 Å². The molecule has 0 spiro atoms. The topological polar surface area (TPSA) is 215 Å². The number of fused-ring (bicyclic) bond motifs is 1. The van der Waals surface area contributed by atoms with Crippen LogP contribution >= 0.6 is 23.5 Å². The van der Waals surface area contributed by atoms with Crippen LogP contribution in [0.25, 0.3) is 0 Å². The van der Waals surface area contributed by atoms with Crippen molar-refractivity contribution in [3.05, 3.63) is 0 Å². The number of hydrogen-bond donors (Lipinski definition) is 1. The van der Waals surface area contributed by atoms with Gasteiger partial charge < -0.3 is 52.5 Å². The van der Waals surface area contributed by atoms with Gasteiger partial charge in [-0.1, -0.05) is 108 Å². The Morgan fingerprint density at radius 1 is 0.513 bits per heavy atom. The van der Waals surface area contributed by atoms with Gasteiger partial charge in [0, 0.05) is 12.3 Å². The summed E-state index contributed by atoms with van der Waals surface area (Å²) in [4.78, 5) is 73.2. The third-order valence-corrected chi connectivity index (χ3v) is 28.7. The van der Waals surface area contributed by atoms with Gasteiger partial charge in [-0.2, -0.15) is 23.5 Å². The van der Waals surface area contributed by atoms with E-state index in [1.807, 2.05) is 99.7 Å². The summed E-state index contributed by atoms with van der Waals surface area (Å²) in [6.45, 7) is 37.0. The molecule has 1 N–H and O–H groups in total. The van der Waals surface area contributed by atoms with Gasteiger partial charge in [-0.3, -0.25) is 24.0 Å². The molecule has 12 bridgehead atoms. The van der Waals surface area contributed by atoms with E-state index in [1.165, 1.54) is 77.0 Å². The minimum atomic E-state index is -0.615. The summed E-state index contributed by atoms with van der Waals surface area (Å²) in [6.07, 6.45) is 34.7. The van der Waals surface area contributed by atoms with Gasteiger partial charge in [0.05, 0.1) is 59.6 Å². The van der Waals surface area contributed by atoms with E-state index < -0.39 is 34.5 Å². The van der Waals surface area contributed by atoms with Crippen LogP contribution in [0, 0.1) is 92.7 Å². The molecule has 9 atom stereocenters. The summed E-state index contributed by atoms with van der Waals surface area (Å²) < 4.78 is 57.4. The fraction of sp³-hybridized carbons (Fsp3) is 0.936. The normalized spacial score (nSPS) is 30.5. The standard InChI is InChI=1S/C20H40O4S2.C19H32O2.C18H26O6.C16H26O3.C13H24O2.8CH4/c1-17(21-11-5-13-25-3)23-15-19-7-9-20(10-8-19)16-24-18(2)22-12-6-14-26-4;1-6-18(4,5)17(20)21-19(12(2)3)15-8-13-7-14(10-15)11-16(19)9-13;1-4-18(2,3)17(21)22-9-14(19)24-15-11-5-10-6-12(8-11)16(20)23-13(15)7-10;1-4-14(2,3)13(17)19-16-8-11-5-12(9-16)7-15(18,6-11)10-16;1-5-12(3,4)11(14)15-13(6-2)9-7-8-10-13;;;;;;;;/h17-20H,5-16H2,1-4H3;12-16H,6-11H2,1-5H3;10-13,15H,4-9H2,1-3H3;11-12,18H,4-10H2,1-3H3;5-10H2,1-4H3;8*1H4. The highest BCUT2D eigenvalue weighted by atomic mass is 32.2. The number of ether oxygens (including phenoxy) is 10. The Balaban J connectivity index is 0. The van der Waals surface area contributed by atoms with E-state index in [0.29, 0.717) is 60.2 Å². The third kappa shape index (κ3) is 31.1. The maximum Gasteiger partial charge on any atom is 0.344 e. The fourth-order valence-corrected chi connectivity index (χ4v) is 20.4. The van der Waals surface area contributed by atoms with Crippen molar-refractivity contribution in [2.45, 2.75) is 417 Å². The number of aliphatic hydroxyl groups is 1. The lowest BCUT2D eigenvalue weighted by Gasteiger charge is -2.62. The van der Waals surface area contributed by atoms with Gasteiger partial charge in [-0.05, 0) is 339 Å². The lowest BCUT2D eigenvalue weighted by Crippen LogP contribution is -2.63. The molecule has 14 aliphatic rings. The van der Waals surface area contributed by atoms with Crippen LogP contribution in [0.5, 0.6) is 0 Å². The molecule has 670 valence electrons. The number of carbonyl (C=O) groups excluding carboxylic acids is 6. The molecular formula is C94H180O17S2. The Morgan fingerprint density at radius 2 is 0.929 bits per heavy atom. The maximum atomic E-state index is 12.8. The predicted molar refractivity (Wildman–Crippen MR) is 471 cm³/mol. The van der Waals surface area contributed by atoms with Crippen molar-refractivity contribution in [3.8, 4) is 0 Å².